The molecule has 2 nitrogen and oxygen atoms in total. The van der Waals surface area contributed by atoms with Crippen molar-refractivity contribution < 1.29 is 5.11 Å². The predicted molar refractivity (Wildman–Crippen MR) is 73.6 cm³/mol. The highest BCUT2D eigenvalue weighted by molar-refractivity contribution is 5.37. The molecule has 0 saturated carbocycles. The summed E-state index contributed by atoms with van der Waals surface area (Å²) in [4.78, 5) is 2.56. The van der Waals surface area contributed by atoms with Gasteiger partial charge in [0.1, 0.15) is 0 Å². The molecule has 2 fully saturated rings. The van der Waals surface area contributed by atoms with Crippen molar-refractivity contribution >= 4 is 0 Å². The van der Waals surface area contributed by atoms with Crippen molar-refractivity contribution in [3.05, 3.63) is 34.9 Å². The predicted octanol–water partition coefficient (Wildman–Crippen LogP) is 2.75. The van der Waals surface area contributed by atoms with Gasteiger partial charge in [-0.2, -0.15) is 0 Å². The van der Waals surface area contributed by atoms with Gasteiger partial charge in [-0.3, -0.25) is 0 Å². The number of aliphatic hydroxyl groups is 1. The molecule has 0 aromatic heterocycles. The Labute approximate surface area is 110 Å². The summed E-state index contributed by atoms with van der Waals surface area (Å²) in [7, 11) is 0. The van der Waals surface area contributed by atoms with Crippen LogP contribution in [-0.4, -0.2) is 29.1 Å². The van der Waals surface area contributed by atoms with Gasteiger partial charge in [-0.15, -0.1) is 0 Å². The van der Waals surface area contributed by atoms with E-state index < -0.39 is 5.60 Å². The molecule has 3 rings (SSSR count). The van der Waals surface area contributed by atoms with E-state index in [9.17, 15) is 5.11 Å². The molecule has 0 bridgehead atoms. The SMILES string of the molecule is Cc1cccc(C2(O)CCN3CCCC3C2)c1C. The average molecular weight is 245 g/mol. The number of hydrogen-bond acceptors (Lipinski definition) is 2. The summed E-state index contributed by atoms with van der Waals surface area (Å²) in [5, 5.41) is 11.1. The lowest BCUT2D eigenvalue weighted by Crippen LogP contribution is -2.46. The molecular formula is C16H23NO. The number of benzene rings is 1. The summed E-state index contributed by atoms with van der Waals surface area (Å²) in [5.74, 6) is 0. The fourth-order valence-corrected chi connectivity index (χ4v) is 3.74. The summed E-state index contributed by atoms with van der Waals surface area (Å²) in [6.45, 7) is 6.55. The minimum atomic E-state index is -0.596. The van der Waals surface area contributed by atoms with Crippen LogP contribution in [0.5, 0.6) is 0 Å². The number of fused-ring (bicyclic) bond motifs is 1. The summed E-state index contributed by atoms with van der Waals surface area (Å²) in [6, 6.07) is 6.93. The standard InChI is InChI=1S/C16H23NO/c1-12-5-3-7-15(13(12)2)16(18)8-10-17-9-4-6-14(17)11-16/h3,5,7,14,18H,4,6,8-11H2,1-2H3. The number of aryl methyl sites for hydroxylation is 1. The maximum absolute atomic E-state index is 11.1. The van der Waals surface area contributed by atoms with Gasteiger partial charge in [0.15, 0.2) is 0 Å². The first-order valence-electron chi connectivity index (χ1n) is 7.13. The highest BCUT2D eigenvalue weighted by atomic mass is 16.3. The quantitative estimate of drug-likeness (QED) is 0.822. The second-order valence-electron chi connectivity index (χ2n) is 6.07. The molecule has 1 N–H and O–H groups in total. The normalized spacial score (nSPS) is 32.5. The fraction of sp³-hybridized carbons (Fsp3) is 0.625. The van der Waals surface area contributed by atoms with E-state index in [-0.39, 0.29) is 0 Å². The molecule has 2 atom stereocenters. The van der Waals surface area contributed by atoms with Crippen LogP contribution in [0.3, 0.4) is 0 Å². The van der Waals surface area contributed by atoms with E-state index in [1.165, 1.54) is 30.5 Å². The van der Waals surface area contributed by atoms with Crippen molar-refractivity contribution in [2.24, 2.45) is 0 Å². The van der Waals surface area contributed by atoms with Crippen molar-refractivity contribution in [2.45, 2.75) is 51.2 Å². The van der Waals surface area contributed by atoms with Crippen LogP contribution in [0.4, 0.5) is 0 Å². The molecule has 2 saturated heterocycles. The minimum Gasteiger partial charge on any atom is -0.385 e. The topological polar surface area (TPSA) is 23.5 Å². The lowest BCUT2D eigenvalue weighted by molar-refractivity contribution is -0.0413. The molecule has 2 unspecified atom stereocenters. The molecule has 98 valence electrons. The van der Waals surface area contributed by atoms with E-state index in [0.29, 0.717) is 6.04 Å². The zero-order chi connectivity index (χ0) is 12.8. The van der Waals surface area contributed by atoms with Crippen LogP contribution < -0.4 is 0 Å². The van der Waals surface area contributed by atoms with Crippen LogP contribution in [0, 0.1) is 13.8 Å². The highest BCUT2D eigenvalue weighted by Crippen LogP contribution is 2.40. The highest BCUT2D eigenvalue weighted by Gasteiger charge is 2.41. The molecular weight excluding hydrogens is 222 g/mol. The van der Waals surface area contributed by atoms with E-state index in [0.717, 1.165) is 24.9 Å². The van der Waals surface area contributed by atoms with Crippen molar-refractivity contribution in [3.8, 4) is 0 Å². The summed E-state index contributed by atoms with van der Waals surface area (Å²) >= 11 is 0. The summed E-state index contributed by atoms with van der Waals surface area (Å²) < 4.78 is 0. The fourth-order valence-electron chi connectivity index (χ4n) is 3.74. The Morgan fingerprint density at radius 2 is 2.11 bits per heavy atom. The number of nitrogens with zero attached hydrogens (tertiary/aromatic N) is 1. The first-order valence-corrected chi connectivity index (χ1v) is 7.13. The van der Waals surface area contributed by atoms with Crippen molar-refractivity contribution in [1.29, 1.82) is 0 Å². The molecule has 18 heavy (non-hydrogen) atoms. The lowest BCUT2D eigenvalue weighted by Gasteiger charge is -2.42. The van der Waals surface area contributed by atoms with Crippen LogP contribution >= 0.6 is 0 Å². The van der Waals surface area contributed by atoms with Gasteiger partial charge in [-0.1, -0.05) is 18.2 Å². The smallest absolute Gasteiger partial charge is 0.0926 e. The van der Waals surface area contributed by atoms with Gasteiger partial charge in [0.25, 0.3) is 0 Å². The van der Waals surface area contributed by atoms with Crippen molar-refractivity contribution in [1.82, 2.24) is 4.90 Å². The molecule has 0 aliphatic carbocycles. The Morgan fingerprint density at radius 1 is 1.28 bits per heavy atom. The second-order valence-corrected chi connectivity index (χ2v) is 6.07. The Kier molecular flexibility index (Phi) is 2.95. The van der Waals surface area contributed by atoms with E-state index in [4.69, 9.17) is 0 Å². The van der Waals surface area contributed by atoms with E-state index in [1.807, 2.05) is 0 Å². The van der Waals surface area contributed by atoms with E-state index in [2.05, 4.69) is 36.9 Å². The maximum Gasteiger partial charge on any atom is 0.0926 e. The average Bonchev–Trinajstić information content (AvgIpc) is 2.79. The zero-order valence-corrected chi connectivity index (χ0v) is 11.4. The Bertz CT molecular complexity index is 456. The first kappa shape index (κ1) is 12.2. The molecule has 2 aliphatic rings. The van der Waals surface area contributed by atoms with Crippen molar-refractivity contribution in [3.63, 3.8) is 0 Å². The van der Waals surface area contributed by atoms with Crippen molar-refractivity contribution in [2.75, 3.05) is 13.1 Å². The molecule has 0 amide bonds. The van der Waals surface area contributed by atoms with Gasteiger partial charge in [0.05, 0.1) is 5.60 Å². The van der Waals surface area contributed by atoms with Gasteiger partial charge in [0.2, 0.25) is 0 Å². The largest absolute Gasteiger partial charge is 0.385 e. The van der Waals surface area contributed by atoms with E-state index in [1.54, 1.807) is 0 Å². The number of rotatable bonds is 1. The first-order chi connectivity index (χ1) is 8.60. The molecule has 2 heterocycles. The summed E-state index contributed by atoms with van der Waals surface area (Å²) in [6.07, 6.45) is 4.35. The summed E-state index contributed by atoms with van der Waals surface area (Å²) in [5.41, 5.74) is 3.12. The third-order valence-electron chi connectivity index (χ3n) is 4.99. The molecule has 0 spiro atoms. The second kappa shape index (κ2) is 4.36. The minimum absolute atomic E-state index is 0.596. The van der Waals surface area contributed by atoms with Gasteiger partial charge in [-0.05, 0) is 62.8 Å². The molecule has 1 aromatic rings. The third kappa shape index (κ3) is 1.88. The lowest BCUT2D eigenvalue weighted by atomic mass is 9.78. The molecule has 2 aliphatic heterocycles. The Morgan fingerprint density at radius 3 is 2.94 bits per heavy atom. The molecule has 0 radical (unpaired) electrons. The van der Waals surface area contributed by atoms with Gasteiger partial charge >= 0.3 is 0 Å². The van der Waals surface area contributed by atoms with Crippen LogP contribution in [0.1, 0.15) is 42.4 Å². The van der Waals surface area contributed by atoms with Crippen LogP contribution in [0.15, 0.2) is 18.2 Å². The van der Waals surface area contributed by atoms with Gasteiger partial charge in [-0.25, -0.2) is 0 Å². The monoisotopic (exact) mass is 245 g/mol. The Hall–Kier alpha value is -0.860. The van der Waals surface area contributed by atoms with E-state index >= 15 is 0 Å². The number of hydrogen-bond donors (Lipinski definition) is 1. The van der Waals surface area contributed by atoms with Crippen LogP contribution in [0.25, 0.3) is 0 Å². The van der Waals surface area contributed by atoms with Crippen LogP contribution in [-0.2, 0) is 5.60 Å². The molecule has 2 heteroatoms. The van der Waals surface area contributed by atoms with Gasteiger partial charge in [0, 0.05) is 12.6 Å². The Balaban J connectivity index is 1.92. The maximum atomic E-state index is 11.1. The van der Waals surface area contributed by atoms with Crippen LogP contribution in [0.2, 0.25) is 0 Å². The third-order valence-corrected chi connectivity index (χ3v) is 4.99. The molecule has 1 aromatic carbocycles. The number of piperidine rings is 1. The van der Waals surface area contributed by atoms with Gasteiger partial charge < -0.3 is 10.0 Å². The zero-order valence-electron chi connectivity index (χ0n) is 11.4.